The van der Waals surface area contributed by atoms with Gasteiger partial charge in [-0.05, 0) is 191 Å². The third kappa shape index (κ3) is 8.70. The zero-order chi connectivity index (χ0) is 45.5. The molecule has 0 saturated heterocycles. The Labute approximate surface area is 371 Å². The molecule has 0 bridgehead atoms. The zero-order valence-corrected chi connectivity index (χ0v) is 40.5. The maximum atomic E-state index is 5.93. The van der Waals surface area contributed by atoms with Gasteiger partial charge in [0.25, 0.3) is 5.82 Å². The van der Waals surface area contributed by atoms with Crippen LogP contribution in [0.2, 0.25) is 0 Å². The van der Waals surface area contributed by atoms with Crippen molar-refractivity contribution in [3.05, 3.63) is 152 Å². The van der Waals surface area contributed by atoms with Crippen molar-refractivity contribution in [3.8, 4) is 28.5 Å². The summed E-state index contributed by atoms with van der Waals surface area (Å²) in [5.74, 6) is 3.68. The van der Waals surface area contributed by atoms with E-state index >= 15 is 0 Å². The van der Waals surface area contributed by atoms with Gasteiger partial charge in [-0.2, -0.15) is 0 Å². The van der Waals surface area contributed by atoms with Gasteiger partial charge in [0.05, 0.1) is 22.8 Å². The van der Waals surface area contributed by atoms with E-state index < -0.39 is 0 Å². The molecule has 0 amide bonds. The molecule has 62 heavy (non-hydrogen) atoms. The first-order valence-electron chi connectivity index (χ1n) is 22.1. The number of allylic oxidation sites excluding steroid dienone is 2. The summed E-state index contributed by atoms with van der Waals surface area (Å²) in [6, 6.07) is 22.0. The summed E-state index contributed by atoms with van der Waals surface area (Å²) in [5.41, 5.74) is 28.1. The van der Waals surface area contributed by atoms with Gasteiger partial charge in [0, 0.05) is 46.6 Å². The van der Waals surface area contributed by atoms with E-state index in [2.05, 4.69) is 201 Å². The van der Waals surface area contributed by atoms with Crippen LogP contribution < -0.4 is 10.4 Å². The second-order valence-corrected chi connectivity index (χ2v) is 17.9. The molecule has 324 valence electrons. The predicted octanol–water partition coefficient (Wildman–Crippen LogP) is 12.7. The van der Waals surface area contributed by atoms with E-state index in [0.717, 1.165) is 35.0 Å². The van der Waals surface area contributed by atoms with Crippen LogP contribution in [-0.2, 0) is 0 Å². The van der Waals surface area contributed by atoms with E-state index in [0.29, 0.717) is 17.6 Å². The van der Waals surface area contributed by atoms with Crippen LogP contribution >= 0.6 is 0 Å². The average molecular weight is 830 g/mol. The zero-order valence-electron chi connectivity index (χ0n) is 40.5. The quantitative estimate of drug-likeness (QED) is 0.0987. The molecule has 3 heterocycles. The van der Waals surface area contributed by atoms with Crippen molar-refractivity contribution in [1.29, 1.82) is 0 Å². The van der Waals surface area contributed by atoms with Crippen molar-refractivity contribution in [1.82, 2.24) is 18.8 Å². The summed E-state index contributed by atoms with van der Waals surface area (Å²) in [5, 5.41) is 0. The van der Waals surface area contributed by atoms with E-state index in [4.69, 9.17) is 15.7 Å². The Kier molecular flexibility index (Phi) is 13.3. The van der Waals surface area contributed by atoms with Crippen molar-refractivity contribution in [3.63, 3.8) is 0 Å². The summed E-state index contributed by atoms with van der Waals surface area (Å²) in [7, 11) is 0. The Bertz CT molecular complexity index is 2750. The summed E-state index contributed by atoms with van der Waals surface area (Å²) < 4.78 is 9.32. The van der Waals surface area contributed by atoms with Gasteiger partial charge in [-0.3, -0.25) is 0 Å². The van der Waals surface area contributed by atoms with Crippen molar-refractivity contribution in [2.24, 2.45) is 21.6 Å². The fourth-order valence-electron chi connectivity index (χ4n) is 8.92. The number of hydrogen-bond donors (Lipinski definition) is 1. The van der Waals surface area contributed by atoms with E-state index in [1.807, 2.05) is 6.07 Å². The molecule has 2 N–H and O–H groups in total. The molecule has 8 nitrogen and oxygen atoms in total. The molecule has 6 aromatic rings. The highest BCUT2D eigenvalue weighted by atomic mass is 15.5. The third-order valence-electron chi connectivity index (χ3n) is 13.2. The predicted molar refractivity (Wildman–Crippen MR) is 262 cm³/mol. The Balaban J connectivity index is 0.000000209. The van der Waals surface area contributed by atoms with Crippen LogP contribution in [0.1, 0.15) is 115 Å². The fourth-order valence-corrected chi connectivity index (χ4v) is 8.92. The summed E-state index contributed by atoms with van der Waals surface area (Å²) in [6.45, 7) is 36.8. The number of aliphatic imine (C=N–C) groups is 2. The van der Waals surface area contributed by atoms with Gasteiger partial charge < -0.3 is 14.9 Å². The van der Waals surface area contributed by atoms with Crippen LogP contribution in [0.25, 0.3) is 28.5 Å². The second kappa shape index (κ2) is 18.1. The number of rotatable bonds is 7. The number of benzene rings is 3. The van der Waals surface area contributed by atoms with E-state index in [9.17, 15) is 0 Å². The lowest BCUT2D eigenvalue weighted by Gasteiger charge is -2.19. The van der Waals surface area contributed by atoms with Crippen LogP contribution in [-0.4, -0.2) is 30.5 Å². The van der Waals surface area contributed by atoms with Gasteiger partial charge in [-0.25, -0.2) is 9.98 Å². The minimum atomic E-state index is 0.277. The average Bonchev–Trinajstić information content (AvgIpc) is 3.73. The van der Waals surface area contributed by atoms with Crippen LogP contribution in [0.3, 0.4) is 0 Å². The minimum absolute atomic E-state index is 0.277. The van der Waals surface area contributed by atoms with Crippen LogP contribution in [0, 0.1) is 89.0 Å². The number of nitrogens with zero attached hydrogens (tertiary/aromatic N) is 7. The SMILES string of the molecule is CC(N)=NC(=Nc1cccc(-n2c(C)c(C)c(C)c2C)c1)C1=C(C)C(C)CC=C1.Cc1ccc(-c2nc(C)[n+](C(C)C)n2-c2cc(-n3c(C)c(C)c(C)c3C)ccc2C)c(C)c1. The number of aromatic nitrogens is 5. The lowest BCUT2D eigenvalue weighted by molar-refractivity contribution is -0.789. The Morgan fingerprint density at radius 1 is 0.726 bits per heavy atom. The molecule has 0 aliphatic heterocycles. The first-order chi connectivity index (χ1) is 29.2. The molecule has 0 spiro atoms. The molecule has 8 heteroatoms. The summed E-state index contributed by atoms with van der Waals surface area (Å²) in [6.07, 6.45) is 5.37. The maximum absolute atomic E-state index is 5.93. The summed E-state index contributed by atoms with van der Waals surface area (Å²) in [4.78, 5) is 14.6. The molecule has 1 aliphatic rings. The Hall–Kier alpha value is -6.02. The van der Waals surface area contributed by atoms with Gasteiger partial charge in [0.15, 0.2) is 5.84 Å². The van der Waals surface area contributed by atoms with Gasteiger partial charge >= 0.3 is 5.82 Å². The fraction of sp³-hybridized carbons (Fsp3) is 0.370. The highest BCUT2D eigenvalue weighted by Gasteiger charge is 2.29. The first kappa shape index (κ1) is 45.5. The van der Waals surface area contributed by atoms with Crippen LogP contribution in [0.15, 0.2) is 93.9 Å². The normalized spacial score (nSPS) is 14.6. The lowest BCUT2D eigenvalue weighted by Crippen LogP contribution is -2.47. The monoisotopic (exact) mass is 830 g/mol. The molecular formula is C54H69N8+. The molecule has 3 aromatic carbocycles. The first-order valence-corrected chi connectivity index (χ1v) is 22.1. The van der Waals surface area contributed by atoms with Crippen LogP contribution in [0.5, 0.6) is 0 Å². The maximum Gasteiger partial charge on any atom is 0.317 e. The molecular weight excluding hydrogens is 761 g/mol. The van der Waals surface area contributed by atoms with Crippen molar-refractivity contribution in [2.45, 2.75) is 130 Å². The number of aryl methyl sites for hydroxylation is 4. The van der Waals surface area contributed by atoms with E-state index in [1.54, 1.807) is 6.92 Å². The van der Waals surface area contributed by atoms with Gasteiger partial charge in [0.1, 0.15) is 6.04 Å². The van der Waals surface area contributed by atoms with E-state index in [1.165, 1.54) is 84.2 Å². The highest BCUT2D eigenvalue weighted by molar-refractivity contribution is 6.08. The van der Waals surface area contributed by atoms with E-state index in [-0.39, 0.29) is 6.04 Å². The largest absolute Gasteiger partial charge is 0.387 e. The molecule has 3 aromatic heterocycles. The van der Waals surface area contributed by atoms with Crippen molar-refractivity contribution in [2.75, 3.05) is 0 Å². The van der Waals surface area contributed by atoms with Gasteiger partial charge in [-0.1, -0.05) is 54.5 Å². The molecule has 0 fully saturated rings. The topological polar surface area (TPSA) is 82.3 Å². The van der Waals surface area contributed by atoms with Gasteiger partial charge in [0.2, 0.25) is 0 Å². The molecule has 0 saturated carbocycles. The molecule has 1 unspecified atom stereocenters. The van der Waals surface area contributed by atoms with Gasteiger partial charge in [-0.15, -0.1) is 9.36 Å². The third-order valence-corrected chi connectivity index (χ3v) is 13.2. The van der Waals surface area contributed by atoms with Crippen LogP contribution in [0.4, 0.5) is 5.69 Å². The molecule has 1 atom stereocenters. The number of amidine groups is 2. The van der Waals surface area contributed by atoms with Crippen molar-refractivity contribution >= 4 is 17.4 Å². The lowest BCUT2D eigenvalue weighted by atomic mass is 9.89. The number of nitrogens with two attached hydrogens (primary N) is 1. The molecule has 7 rings (SSSR count). The Morgan fingerprint density at radius 2 is 1.31 bits per heavy atom. The summed E-state index contributed by atoms with van der Waals surface area (Å²) >= 11 is 0. The highest BCUT2D eigenvalue weighted by Crippen LogP contribution is 2.32. The number of hydrogen-bond acceptors (Lipinski definition) is 2. The minimum Gasteiger partial charge on any atom is -0.387 e. The smallest absolute Gasteiger partial charge is 0.317 e. The standard InChI is InChI=1S/C29H37N4.C25H32N4/c1-17(2)32-25(10)30-29(27-14-11-18(3)15-20(27)5)33(32)28-16-26(13-12-19(28)4)31-23(8)21(6)22(7)24(31)9;1-15-10-8-13-24(16(15)2)25(27-21(7)26)28-22-11-9-12-23(14-22)29-19(5)17(3)18(4)20(29)6/h11-17H,1-10H3;8-9,11-15H,10H2,1-7H3,(H2,26,27,28)/q+1;. The van der Waals surface area contributed by atoms with Crippen molar-refractivity contribution < 1.29 is 4.68 Å². The molecule has 0 radical (unpaired) electrons. The second-order valence-electron chi connectivity index (χ2n) is 17.9. The Morgan fingerprint density at radius 3 is 1.85 bits per heavy atom. The molecule has 1 aliphatic carbocycles.